The molecule has 2 aliphatic carbocycles. The highest BCUT2D eigenvalue weighted by atomic mass is 16.3. The second kappa shape index (κ2) is 2.41. The number of fused-ring (bicyclic) bond motifs is 4. The number of aromatic hydroxyl groups is 1. The quantitative estimate of drug-likeness (QED) is 0.481. The molecule has 2 heteroatoms. The first-order valence-corrected chi connectivity index (χ1v) is 4.74. The highest BCUT2D eigenvalue weighted by molar-refractivity contribution is 5.64. The van der Waals surface area contributed by atoms with Gasteiger partial charge in [-0.15, -0.1) is 0 Å². The Bertz CT molecular complexity index is 417. The van der Waals surface area contributed by atoms with Gasteiger partial charge in [0.25, 0.3) is 0 Å². The van der Waals surface area contributed by atoms with Gasteiger partial charge in [-0.05, 0) is 23.3 Å². The zero-order valence-corrected chi connectivity index (χ0v) is 7.64. The minimum Gasteiger partial charge on any atom is -0.506 e. The van der Waals surface area contributed by atoms with Gasteiger partial charge in [0.2, 0.25) is 0 Å². The van der Waals surface area contributed by atoms with Crippen LogP contribution >= 0.6 is 0 Å². The van der Waals surface area contributed by atoms with Crippen LogP contribution < -0.4 is 5.73 Å². The molecule has 0 aliphatic heterocycles. The Morgan fingerprint density at radius 3 is 2.21 bits per heavy atom. The molecule has 1 aromatic rings. The predicted molar refractivity (Wildman–Crippen MR) is 56.3 cm³/mol. The lowest BCUT2D eigenvalue weighted by Crippen LogP contribution is -2.22. The Morgan fingerprint density at radius 2 is 1.57 bits per heavy atom. The molecule has 3 N–H and O–H groups in total. The van der Waals surface area contributed by atoms with Gasteiger partial charge in [0.1, 0.15) is 5.75 Å². The van der Waals surface area contributed by atoms with Gasteiger partial charge < -0.3 is 10.8 Å². The van der Waals surface area contributed by atoms with E-state index in [-0.39, 0.29) is 5.75 Å². The van der Waals surface area contributed by atoms with Gasteiger partial charge in [-0.3, -0.25) is 0 Å². The molecule has 0 radical (unpaired) electrons. The van der Waals surface area contributed by atoms with Crippen LogP contribution in [0.15, 0.2) is 36.4 Å². The average molecular weight is 185 g/mol. The van der Waals surface area contributed by atoms with Gasteiger partial charge in [-0.1, -0.05) is 24.3 Å². The zero-order chi connectivity index (χ0) is 9.71. The van der Waals surface area contributed by atoms with Crippen molar-refractivity contribution in [3.63, 3.8) is 0 Å². The SMILES string of the molecule is Nc1cc2c(cc1O)C1C=CC=C[C@@H]21. The third-order valence-corrected chi connectivity index (χ3v) is 3.09. The van der Waals surface area contributed by atoms with Crippen molar-refractivity contribution in [2.75, 3.05) is 5.73 Å². The summed E-state index contributed by atoms with van der Waals surface area (Å²) in [4.78, 5) is 0. The van der Waals surface area contributed by atoms with Crippen molar-refractivity contribution in [3.05, 3.63) is 47.6 Å². The van der Waals surface area contributed by atoms with Crippen LogP contribution in [0.5, 0.6) is 5.75 Å². The van der Waals surface area contributed by atoms with Crippen molar-refractivity contribution in [1.29, 1.82) is 0 Å². The fourth-order valence-corrected chi connectivity index (χ4v) is 2.32. The van der Waals surface area contributed by atoms with E-state index in [2.05, 4.69) is 24.3 Å². The van der Waals surface area contributed by atoms with Crippen LogP contribution in [0.25, 0.3) is 0 Å². The molecule has 0 saturated heterocycles. The van der Waals surface area contributed by atoms with Crippen molar-refractivity contribution in [2.45, 2.75) is 11.8 Å². The Kier molecular flexibility index (Phi) is 1.32. The van der Waals surface area contributed by atoms with Crippen LogP contribution in [0.3, 0.4) is 0 Å². The van der Waals surface area contributed by atoms with E-state index >= 15 is 0 Å². The van der Waals surface area contributed by atoms with Gasteiger partial charge in [0.15, 0.2) is 0 Å². The zero-order valence-electron chi connectivity index (χ0n) is 7.64. The number of anilines is 1. The van der Waals surface area contributed by atoms with Crippen molar-refractivity contribution >= 4 is 5.69 Å². The summed E-state index contributed by atoms with van der Waals surface area (Å²) in [5, 5.41) is 9.48. The molecular formula is C12H11NO. The van der Waals surface area contributed by atoms with Gasteiger partial charge in [-0.25, -0.2) is 0 Å². The molecule has 3 rings (SSSR count). The molecule has 14 heavy (non-hydrogen) atoms. The fourth-order valence-electron chi connectivity index (χ4n) is 2.32. The number of allylic oxidation sites excluding steroid dienone is 4. The van der Waals surface area contributed by atoms with Crippen molar-refractivity contribution < 1.29 is 5.11 Å². The maximum Gasteiger partial charge on any atom is 0.138 e. The molecule has 0 amide bonds. The maximum atomic E-state index is 9.48. The van der Waals surface area contributed by atoms with E-state index in [1.807, 2.05) is 6.07 Å². The molecule has 1 aromatic carbocycles. The third-order valence-electron chi connectivity index (χ3n) is 3.09. The van der Waals surface area contributed by atoms with E-state index in [4.69, 9.17) is 5.73 Å². The molecule has 0 saturated carbocycles. The molecule has 0 spiro atoms. The number of hydrogen-bond donors (Lipinski definition) is 2. The standard InChI is InChI=1S/C12H11NO/c13-11-5-9-7-3-1-2-4-8(7)10(9)6-12(11)14/h1-8,14H,13H2/t7-,8?/m1/s1. The lowest BCUT2D eigenvalue weighted by molar-refractivity contribution is 0.473. The number of benzene rings is 1. The maximum absolute atomic E-state index is 9.48. The van der Waals surface area contributed by atoms with E-state index < -0.39 is 0 Å². The molecule has 2 atom stereocenters. The van der Waals surface area contributed by atoms with Crippen LogP contribution in [0.2, 0.25) is 0 Å². The van der Waals surface area contributed by atoms with Gasteiger partial charge in [0.05, 0.1) is 5.69 Å². The van der Waals surface area contributed by atoms with Crippen LogP contribution in [0, 0.1) is 0 Å². The summed E-state index contributed by atoms with van der Waals surface area (Å²) in [5.41, 5.74) is 8.60. The molecule has 0 bridgehead atoms. The van der Waals surface area contributed by atoms with Gasteiger partial charge in [-0.2, -0.15) is 0 Å². The predicted octanol–water partition coefficient (Wildman–Crippen LogP) is 2.28. The van der Waals surface area contributed by atoms with Gasteiger partial charge >= 0.3 is 0 Å². The van der Waals surface area contributed by atoms with Crippen molar-refractivity contribution in [3.8, 4) is 5.75 Å². The molecule has 0 aromatic heterocycles. The fraction of sp³-hybridized carbons (Fsp3) is 0.167. The first-order chi connectivity index (χ1) is 6.77. The minimum absolute atomic E-state index is 0.199. The van der Waals surface area contributed by atoms with E-state index in [1.54, 1.807) is 6.07 Å². The first kappa shape index (κ1) is 7.68. The summed E-state index contributed by atoms with van der Waals surface area (Å²) in [6.07, 6.45) is 8.47. The Balaban J connectivity index is 2.16. The molecule has 0 fully saturated rings. The second-order valence-electron chi connectivity index (χ2n) is 3.86. The van der Waals surface area contributed by atoms with E-state index in [9.17, 15) is 5.11 Å². The molecule has 70 valence electrons. The molecule has 1 unspecified atom stereocenters. The summed E-state index contributed by atoms with van der Waals surface area (Å²) in [5.74, 6) is 1.12. The van der Waals surface area contributed by atoms with E-state index in [0.717, 1.165) is 0 Å². The van der Waals surface area contributed by atoms with Crippen LogP contribution in [0.1, 0.15) is 23.0 Å². The summed E-state index contributed by atoms with van der Waals surface area (Å²) < 4.78 is 0. The number of nitrogens with two attached hydrogens (primary N) is 1. The number of hydrogen-bond acceptors (Lipinski definition) is 2. The number of nitrogen functional groups attached to an aromatic ring is 1. The number of rotatable bonds is 0. The Morgan fingerprint density at radius 1 is 1.00 bits per heavy atom. The summed E-state index contributed by atoms with van der Waals surface area (Å²) in [6.45, 7) is 0. The van der Waals surface area contributed by atoms with Crippen LogP contribution in [-0.4, -0.2) is 5.11 Å². The van der Waals surface area contributed by atoms with Crippen molar-refractivity contribution in [2.24, 2.45) is 0 Å². The number of phenols is 1. The molecule has 0 heterocycles. The average Bonchev–Trinajstić information content (AvgIpc) is 2.21. The number of phenolic OH excluding ortho intramolecular Hbond substituents is 1. The van der Waals surface area contributed by atoms with E-state index in [1.165, 1.54) is 11.1 Å². The second-order valence-corrected chi connectivity index (χ2v) is 3.86. The smallest absolute Gasteiger partial charge is 0.138 e. The van der Waals surface area contributed by atoms with Gasteiger partial charge in [0, 0.05) is 11.8 Å². The van der Waals surface area contributed by atoms with Crippen molar-refractivity contribution in [1.82, 2.24) is 0 Å². The normalized spacial score (nSPS) is 26.6. The highest BCUT2D eigenvalue weighted by Gasteiger charge is 2.35. The summed E-state index contributed by atoms with van der Waals surface area (Å²) in [7, 11) is 0. The third kappa shape index (κ3) is 0.803. The molecule has 2 aliphatic rings. The molecule has 2 nitrogen and oxygen atoms in total. The van der Waals surface area contributed by atoms with Crippen LogP contribution in [0.4, 0.5) is 5.69 Å². The Hall–Kier alpha value is -1.70. The monoisotopic (exact) mass is 185 g/mol. The first-order valence-electron chi connectivity index (χ1n) is 4.74. The topological polar surface area (TPSA) is 46.2 Å². The van der Waals surface area contributed by atoms with Crippen LogP contribution in [-0.2, 0) is 0 Å². The lowest BCUT2D eigenvalue weighted by atomic mass is 9.66. The minimum atomic E-state index is 0.199. The summed E-state index contributed by atoms with van der Waals surface area (Å²) in [6, 6.07) is 3.67. The Labute approximate surface area is 82.4 Å². The lowest BCUT2D eigenvalue weighted by Gasteiger charge is -2.38. The van der Waals surface area contributed by atoms with E-state index in [0.29, 0.717) is 17.5 Å². The highest BCUT2D eigenvalue weighted by Crippen LogP contribution is 2.51. The molecular weight excluding hydrogens is 174 g/mol. The summed E-state index contributed by atoms with van der Waals surface area (Å²) >= 11 is 0. The largest absolute Gasteiger partial charge is 0.506 e.